The number of benzene rings is 1. The van der Waals surface area contributed by atoms with Gasteiger partial charge in [0, 0.05) is 28.9 Å². The zero-order valence-electron chi connectivity index (χ0n) is 12.3. The van der Waals surface area contributed by atoms with Gasteiger partial charge in [0.2, 0.25) is 0 Å². The smallest absolute Gasteiger partial charge is 0.119 e. The standard InChI is InChI=1S/C17H19NO2S/c1-18(11-14-5-3-7-16(9-14)20-2)12-17-10-15(13-21-17)6-4-8-19/h3,5,7,9-10,13,19H,8,11-12H2,1-2H3. The van der Waals surface area contributed by atoms with Gasteiger partial charge in [-0.25, -0.2) is 0 Å². The fourth-order valence-electron chi connectivity index (χ4n) is 2.08. The molecule has 1 aromatic carbocycles. The molecule has 0 bridgehead atoms. The largest absolute Gasteiger partial charge is 0.497 e. The van der Waals surface area contributed by atoms with E-state index in [0.29, 0.717) is 0 Å². The Morgan fingerprint density at radius 1 is 1.29 bits per heavy atom. The lowest BCUT2D eigenvalue weighted by molar-refractivity contribution is 0.321. The summed E-state index contributed by atoms with van der Waals surface area (Å²) in [5.41, 5.74) is 2.20. The molecule has 0 amide bonds. The van der Waals surface area contributed by atoms with Crippen molar-refractivity contribution in [1.82, 2.24) is 4.90 Å². The van der Waals surface area contributed by atoms with Gasteiger partial charge < -0.3 is 9.84 Å². The zero-order valence-corrected chi connectivity index (χ0v) is 13.1. The summed E-state index contributed by atoms with van der Waals surface area (Å²) in [4.78, 5) is 3.52. The normalized spacial score (nSPS) is 10.3. The van der Waals surface area contributed by atoms with Crippen molar-refractivity contribution in [3.8, 4) is 17.6 Å². The third-order valence-electron chi connectivity index (χ3n) is 2.98. The maximum absolute atomic E-state index is 8.70. The molecule has 0 fully saturated rings. The van der Waals surface area contributed by atoms with Crippen LogP contribution in [-0.4, -0.2) is 30.8 Å². The van der Waals surface area contributed by atoms with Gasteiger partial charge in [-0.1, -0.05) is 24.0 Å². The number of nitrogens with zero attached hydrogens (tertiary/aromatic N) is 1. The minimum absolute atomic E-state index is 0.0963. The van der Waals surface area contributed by atoms with E-state index < -0.39 is 0 Å². The van der Waals surface area contributed by atoms with E-state index in [1.165, 1.54) is 10.4 Å². The Kier molecular flexibility index (Phi) is 5.82. The van der Waals surface area contributed by atoms with Crippen molar-refractivity contribution in [1.29, 1.82) is 0 Å². The first kappa shape index (κ1) is 15.6. The molecule has 2 aromatic rings. The molecule has 2 rings (SSSR count). The van der Waals surface area contributed by atoms with Crippen LogP contribution in [0.2, 0.25) is 0 Å². The highest BCUT2D eigenvalue weighted by Gasteiger charge is 2.05. The first-order valence-electron chi connectivity index (χ1n) is 6.70. The molecule has 1 heterocycles. The molecule has 3 nitrogen and oxygen atoms in total. The molecule has 110 valence electrons. The Balaban J connectivity index is 1.94. The molecule has 4 heteroatoms. The molecule has 0 unspecified atom stereocenters. The molecule has 0 saturated heterocycles. The average Bonchev–Trinajstić information content (AvgIpc) is 2.92. The summed E-state index contributed by atoms with van der Waals surface area (Å²) in [7, 11) is 3.78. The van der Waals surface area contributed by atoms with Crippen molar-refractivity contribution in [2.45, 2.75) is 13.1 Å². The first-order chi connectivity index (χ1) is 10.2. The van der Waals surface area contributed by atoms with Crippen LogP contribution in [0.3, 0.4) is 0 Å². The Morgan fingerprint density at radius 3 is 2.90 bits per heavy atom. The van der Waals surface area contributed by atoms with Gasteiger partial charge in [0.25, 0.3) is 0 Å². The second-order valence-corrected chi connectivity index (χ2v) is 5.78. The number of ether oxygens (including phenoxy) is 1. The van der Waals surface area contributed by atoms with Crippen molar-refractivity contribution in [2.24, 2.45) is 0 Å². The number of aliphatic hydroxyl groups excluding tert-OH is 1. The first-order valence-corrected chi connectivity index (χ1v) is 7.58. The number of hydrogen-bond acceptors (Lipinski definition) is 4. The van der Waals surface area contributed by atoms with E-state index in [9.17, 15) is 0 Å². The van der Waals surface area contributed by atoms with Gasteiger partial charge in [-0.3, -0.25) is 4.90 Å². The highest BCUT2D eigenvalue weighted by atomic mass is 32.1. The quantitative estimate of drug-likeness (QED) is 0.862. The Bertz CT molecular complexity index is 639. The summed E-state index contributed by atoms with van der Waals surface area (Å²) >= 11 is 1.70. The van der Waals surface area contributed by atoms with Crippen LogP contribution in [0, 0.1) is 11.8 Å². The molecule has 0 aliphatic carbocycles. The molecule has 21 heavy (non-hydrogen) atoms. The van der Waals surface area contributed by atoms with Crippen molar-refractivity contribution >= 4 is 11.3 Å². The Hall–Kier alpha value is -1.80. The Morgan fingerprint density at radius 2 is 2.14 bits per heavy atom. The molecular weight excluding hydrogens is 282 g/mol. The highest BCUT2D eigenvalue weighted by molar-refractivity contribution is 7.10. The van der Waals surface area contributed by atoms with E-state index in [4.69, 9.17) is 9.84 Å². The molecule has 0 atom stereocenters. The number of thiophene rings is 1. The van der Waals surface area contributed by atoms with Crippen LogP contribution in [0.25, 0.3) is 0 Å². The van der Waals surface area contributed by atoms with Gasteiger partial charge in [-0.15, -0.1) is 11.3 Å². The topological polar surface area (TPSA) is 32.7 Å². The summed E-state index contributed by atoms with van der Waals surface area (Å²) in [5, 5.41) is 10.7. The minimum atomic E-state index is -0.0963. The Labute approximate surface area is 129 Å². The summed E-state index contributed by atoms with van der Waals surface area (Å²) in [6, 6.07) is 10.2. The highest BCUT2D eigenvalue weighted by Crippen LogP contribution is 2.18. The molecule has 0 saturated carbocycles. The van der Waals surface area contributed by atoms with Gasteiger partial charge in [0.05, 0.1) is 7.11 Å². The van der Waals surface area contributed by atoms with E-state index in [1.54, 1.807) is 18.4 Å². The lowest BCUT2D eigenvalue weighted by Crippen LogP contribution is -2.16. The monoisotopic (exact) mass is 301 g/mol. The summed E-state index contributed by atoms with van der Waals surface area (Å²) in [6.07, 6.45) is 0. The molecule has 0 aliphatic heterocycles. The molecule has 0 spiro atoms. The van der Waals surface area contributed by atoms with E-state index in [1.807, 2.05) is 17.5 Å². The predicted molar refractivity (Wildman–Crippen MR) is 86.4 cm³/mol. The molecule has 1 aromatic heterocycles. The fraction of sp³-hybridized carbons (Fsp3) is 0.294. The van der Waals surface area contributed by atoms with Crippen molar-refractivity contribution in [2.75, 3.05) is 20.8 Å². The van der Waals surface area contributed by atoms with Crippen molar-refractivity contribution in [3.05, 3.63) is 51.7 Å². The van der Waals surface area contributed by atoms with E-state index in [-0.39, 0.29) is 6.61 Å². The van der Waals surface area contributed by atoms with Crippen LogP contribution in [0.5, 0.6) is 5.75 Å². The maximum Gasteiger partial charge on any atom is 0.119 e. The van der Waals surface area contributed by atoms with E-state index in [2.05, 4.69) is 42.0 Å². The fourth-order valence-corrected chi connectivity index (χ4v) is 2.97. The average molecular weight is 301 g/mol. The number of rotatable bonds is 5. The van der Waals surface area contributed by atoms with E-state index >= 15 is 0 Å². The van der Waals surface area contributed by atoms with Gasteiger partial charge >= 0.3 is 0 Å². The molecular formula is C17H19NO2S. The van der Waals surface area contributed by atoms with Crippen molar-refractivity contribution in [3.63, 3.8) is 0 Å². The summed E-state index contributed by atoms with van der Waals surface area (Å²) < 4.78 is 5.24. The second kappa shape index (κ2) is 7.84. The second-order valence-electron chi connectivity index (χ2n) is 4.79. The maximum atomic E-state index is 8.70. The van der Waals surface area contributed by atoms with Gasteiger partial charge in [-0.2, -0.15) is 0 Å². The van der Waals surface area contributed by atoms with Crippen LogP contribution in [0.4, 0.5) is 0 Å². The van der Waals surface area contributed by atoms with Crippen LogP contribution in [0.15, 0.2) is 35.7 Å². The van der Waals surface area contributed by atoms with Crippen LogP contribution in [-0.2, 0) is 13.1 Å². The SMILES string of the molecule is COc1cccc(CN(C)Cc2cc(C#CCO)cs2)c1. The molecule has 0 radical (unpaired) electrons. The lowest BCUT2D eigenvalue weighted by atomic mass is 10.2. The zero-order chi connectivity index (χ0) is 15.1. The van der Waals surface area contributed by atoms with Crippen LogP contribution >= 0.6 is 11.3 Å². The third-order valence-corrected chi connectivity index (χ3v) is 3.90. The number of methoxy groups -OCH3 is 1. The van der Waals surface area contributed by atoms with Crippen LogP contribution in [0.1, 0.15) is 16.0 Å². The summed E-state index contributed by atoms with van der Waals surface area (Å²) in [6.45, 7) is 1.65. The predicted octanol–water partition coefficient (Wildman–Crippen LogP) is 2.73. The lowest BCUT2D eigenvalue weighted by Gasteiger charge is -2.16. The summed E-state index contributed by atoms with van der Waals surface area (Å²) in [5.74, 6) is 6.48. The van der Waals surface area contributed by atoms with Crippen LogP contribution < -0.4 is 4.74 Å². The number of hydrogen-bond donors (Lipinski definition) is 1. The molecule has 0 aliphatic rings. The van der Waals surface area contributed by atoms with Crippen molar-refractivity contribution < 1.29 is 9.84 Å². The molecule has 1 N–H and O–H groups in total. The number of aliphatic hydroxyl groups is 1. The van der Waals surface area contributed by atoms with Gasteiger partial charge in [-0.05, 0) is 30.8 Å². The van der Waals surface area contributed by atoms with Gasteiger partial charge in [0.1, 0.15) is 12.4 Å². The van der Waals surface area contributed by atoms with Gasteiger partial charge in [0.15, 0.2) is 0 Å². The van der Waals surface area contributed by atoms with E-state index in [0.717, 1.165) is 24.4 Å². The third kappa shape index (κ3) is 4.91. The minimum Gasteiger partial charge on any atom is -0.497 e.